The summed E-state index contributed by atoms with van der Waals surface area (Å²) in [6.07, 6.45) is 2.86. The van der Waals surface area contributed by atoms with Crippen LogP contribution in [-0.4, -0.2) is 6.54 Å². The van der Waals surface area contributed by atoms with E-state index in [0.29, 0.717) is 0 Å². The van der Waals surface area contributed by atoms with E-state index < -0.39 is 0 Å². The zero-order chi connectivity index (χ0) is 9.68. The molecule has 2 heteroatoms. The molecule has 0 bridgehead atoms. The molecule has 13 heavy (non-hydrogen) atoms. The van der Waals surface area contributed by atoms with E-state index in [4.69, 9.17) is 5.73 Å². The Morgan fingerprint density at radius 3 is 2.85 bits per heavy atom. The zero-order valence-electron chi connectivity index (χ0n) is 8.01. The van der Waals surface area contributed by atoms with E-state index in [1.807, 2.05) is 25.1 Å². The summed E-state index contributed by atoms with van der Waals surface area (Å²) >= 11 is 0. The number of rotatable bonds is 4. The molecule has 1 rings (SSSR count). The third-order valence-corrected chi connectivity index (χ3v) is 1.78. The summed E-state index contributed by atoms with van der Waals surface area (Å²) in [6, 6.07) is 5.98. The lowest BCUT2D eigenvalue weighted by Gasteiger charge is -2.06. The van der Waals surface area contributed by atoms with Gasteiger partial charge in [-0.25, -0.2) is 0 Å². The van der Waals surface area contributed by atoms with Gasteiger partial charge in [0.15, 0.2) is 0 Å². The van der Waals surface area contributed by atoms with Gasteiger partial charge in [-0.1, -0.05) is 6.08 Å². The van der Waals surface area contributed by atoms with Gasteiger partial charge in [0.1, 0.15) is 0 Å². The molecular weight excluding hydrogens is 160 g/mol. The van der Waals surface area contributed by atoms with E-state index in [2.05, 4.69) is 18.0 Å². The maximum absolute atomic E-state index is 5.70. The number of aryl methyl sites for hydroxylation is 1. The Balaban J connectivity index is 2.60. The molecule has 0 radical (unpaired) electrons. The second-order valence-electron chi connectivity index (χ2n) is 3.14. The average Bonchev–Trinajstić information content (AvgIpc) is 2.03. The average molecular weight is 176 g/mol. The largest absolute Gasteiger partial charge is 0.399 e. The van der Waals surface area contributed by atoms with Crippen molar-refractivity contribution in [2.24, 2.45) is 0 Å². The third-order valence-electron chi connectivity index (χ3n) is 1.78. The maximum atomic E-state index is 5.70. The predicted molar refractivity (Wildman–Crippen MR) is 58.9 cm³/mol. The number of hydrogen-bond acceptors (Lipinski definition) is 2. The fourth-order valence-electron chi connectivity index (χ4n) is 1.23. The molecule has 0 amide bonds. The van der Waals surface area contributed by atoms with Gasteiger partial charge in [0, 0.05) is 17.9 Å². The van der Waals surface area contributed by atoms with Gasteiger partial charge >= 0.3 is 0 Å². The number of nitrogen functional groups attached to an aromatic ring is 1. The van der Waals surface area contributed by atoms with Crippen molar-refractivity contribution in [2.45, 2.75) is 13.3 Å². The molecule has 0 saturated carbocycles. The molecule has 0 atom stereocenters. The highest BCUT2D eigenvalue weighted by Gasteiger charge is 1.93. The minimum Gasteiger partial charge on any atom is -0.399 e. The van der Waals surface area contributed by atoms with Gasteiger partial charge in [-0.05, 0) is 37.1 Å². The van der Waals surface area contributed by atoms with Gasteiger partial charge in [-0.2, -0.15) is 0 Å². The Bertz CT molecular complexity index is 272. The topological polar surface area (TPSA) is 38.0 Å². The Morgan fingerprint density at radius 2 is 2.23 bits per heavy atom. The van der Waals surface area contributed by atoms with Crippen molar-refractivity contribution in [2.75, 3.05) is 17.6 Å². The van der Waals surface area contributed by atoms with Crippen LogP contribution < -0.4 is 11.1 Å². The van der Waals surface area contributed by atoms with Crippen molar-refractivity contribution in [3.63, 3.8) is 0 Å². The van der Waals surface area contributed by atoms with Crippen LogP contribution in [0, 0.1) is 6.92 Å². The van der Waals surface area contributed by atoms with Crippen molar-refractivity contribution in [3.8, 4) is 0 Å². The van der Waals surface area contributed by atoms with Crippen LogP contribution in [0.15, 0.2) is 30.9 Å². The normalized spacial score (nSPS) is 9.62. The van der Waals surface area contributed by atoms with E-state index in [1.165, 1.54) is 5.56 Å². The van der Waals surface area contributed by atoms with Crippen molar-refractivity contribution in [3.05, 3.63) is 36.4 Å². The number of anilines is 2. The van der Waals surface area contributed by atoms with Crippen molar-refractivity contribution in [1.29, 1.82) is 0 Å². The zero-order valence-corrected chi connectivity index (χ0v) is 8.01. The van der Waals surface area contributed by atoms with Gasteiger partial charge in [0.2, 0.25) is 0 Å². The van der Waals surface area contributed by atoms with Gasteiger partial charge < -0.3 is 11.1 Å². The number of nitrogens with two attached hydrogens (primary N) is 1. The molecular formula is C11H16N2. The Labute approximate surface area is 79.5 Å². The molecule has 0 fully saturated rings. The first-order valence-electron chi connectivity index (χ1n) is 4.44. The van der Waals surface area contributed by atoms with Gasteiger partial charge in [-0.15, -0.1) is 6.58 Å². The molecule has 0 spiro atoms. The molecule has 0 aromatic heterocycles. The van der Waals surface area contributed by atoms with Crippen LogP contribution in [0.5, 0.6) is 0 Å². The predicted octanol–water partition coefficient (Wildman–Crippen LogP) is 2.57. The fraction of sp³-hybridized carbons (Fsp3) is 0.273. The molecule has 1 aromatic carbocycles. The summed E-state index contributed by atoms with van der Waals surface area (Å²) in [5, 5.41) is 3.28. The first kappa shape index (κ1) is 9.65. The lowest BCUT2D eigenvalue weighted by molar-refractivity contribution is 1.07. The monoisotopic (exact) mass is 176 g/mol. The van der Waals surface area contributed by atoms with Crippen LogP contribution in [0.4, 0.5) is 11.4 Å². The van der Waals surface area contributed by atoms with Crippen LogP contribution in [0.1, 0.15) is 12.0 Å². The molecule has 0 unspecified atom stereocenters. The highest BCUT2D eigenvalue weighted by Crippen LogP contribution is 2.15. The van der Waals surface area contributed by atoms with Crippen LogP contribution in [0.25, 0.3) is 0 Å². The molecule has 0 heterocycles. The maximum Gasteiger partial charge on any atom is 0.0363 e. The van der Waals surface area contributed by atoms with Crippen LogP contribution in [0.2, 0.25) is 0 Å². The van der Waals surface area contributed by atoms with E-state index in [9.17, 15) is 0 Å². The van der Waals surface area contributed by atoms with Crippen LogP contribution in [-0.2, 0) is 0 Å². The summed E-state index contributed by atoms with van der Waals surface area (Å²) in [5.74, 6) is 0. The quantitative estimate of drug-likeness (QED) is 0.420. The molecule has 0 saturated heterocycles. The lowest BCUT2D eigenvalue weighted by Crippen LogP contribution is -2.00. The lowest BCUT2D eigenvalue weighted by atomic mass is 10.2. The van der Waals surface area contributed by atoms with Crippen molar-refractivity contribution >= 4 is 11.4 Å². The Hall–Kier alpha value is -1.44. The van der Waals surface area contributed by atoms with E-state index >= 15 is 0 Å². The minimum atomic E-state index is 0.807. The smallest absolute Gasteiger partial charge is 0.0363 e. The van der Waals surface area contributed by atoms with Gasteiger partial charge in [-0.3, -0.25) is 0 Å². The Morgan fingerprint density at radius 1 is 1.46 bits per heavy atom. The second kappa shape index (κ2) is 4.55. The first-order chi connectivity index (χ1) is 6.22. The summed E-state index contributed by atoms with van der Waals surface area (Å²) in [6.45, 7) is 6.61. The minimum absolute atomic E-state index is 0.807. The van der Waals surface area contributed by atoms with E-state index in [0.717, 1.165) is 24.3 Å². The highest BCUT2D eigenvalue weighted by atomic mass is 14.9. The van der Waals surface area contributed by atoms with E-state index in [1.54, 1.807) is 0 Å². The second-order valence-corrected chi connectivity index (χ2v) is 3.14. The highest BCUT2D eigenvalue weighted by molar-refractivity contribution is 5.56. The Kier molecular flexibility index (Phi) is 3.38. The van der Waals surface area contributed by atoms with Gasteiger partial charge in [0.05, 0.1) is 0 Å². The van der Waals surface area contributed by atoms with E-state index in [-0.39, 0.29) is 0 Å². The SMILES string of the molecule is C=CCCNc1cc(C)cc(N)c1. The number of hydrogen-bond donors (Lipinski definition) is 2. The molecule has 3 N–H and O–H groups in total. The molecule has 0 aliphatic rings. The van der Waals surface area contributed by atoms with Crippen molar-refractivity contribution < 1.29 is 0 Å². The standard InChI is InChI=1S/C11H16N2/c1-3-4-5-13-11-7-9(2)6-10(12)8-11/h3,6-8,13H,1,4-5,12H2,2H3. The molecule has 2 nitrogen and oxygen atoms in total. The first-order valence-corrected chi connectivity index (χ1v) is 4.44. The number of benzene rings is 1. The summed E-state index contributed by atoms with van der Waals surface area (Å²) in [5.41, 5.74) is 8.77. The molecule has 1 aromatic rings. The molecule has 70 valence electrons. The molecule has 0 aliphatic carbocycles. The van der Waals surface area contributed by atoms with Crippen LogP contribution >= 0.6 is 0 Å². The third kappa shape index (κ3) is 3.20. The summed E-state index contributed by atoms with van der Waals surface area (Å²) in [7, 11) is 0. The van der Waals surface area contributed by atoms with Crippen molar-refractivity contribution in [1.82, 2.24) is 0 Å². The van der Waals surface area contributed by atoms with Gasteiger partial charge in [0.25, 0.3) is 0 Å². The summed E-state index contributed by atoms with van der Waals surface area (Å²) in [4.78, 5) is 0. The van der Waals surface area contributed by atoms with Crippen LogP contribution in [0.3, 0.4) is 0 Å². The fourth-order valence-corrected chi connectivity index (χ4v) is 1.23. The number of nitrogens with one attached hydrogen (secondary N) is 1. The molecule has 0 aliphatic heterocycles. The summed E-state index contributed by atoms with van der Waals surface area (Å²) < 4.78 is 0.